The van der Waals surface area contributed by atoms with Crippen molar-refractivity contribution in [1.29, 1.82) is 0 Å². The molecule has 1 saturated carbocycles. The van der Waals surface area contributed by atoms with Gasteiger partial charge in [0, 0.05) is 38.4 Å². The number of aromatic nitrogens is 1. The van der Waals surface area contributed by atoms with E-state index in [1.807, 2.05) is 0 Å². The summed E-state index contributed by atoms with van der Waals surface area (Å²) in [5.74, 6) is -0.500. The van der Waals surface area contributed by atoms with Gasteiger partial charge < -0.3 is 15.2 Å². The van der Waals surface area contributed by atoms with Gasteiger partial charge in [0.2, 0.25) is 15.9 Å². The maximum Gasteiger partial charge on any atom is 0.270 e. The second kappa shape index (κ2) is 9.73. The van der Waals surface area contributed by atoms with Crippen LogP contribution in [0.3, 0.4) is 0 Å². The van der Waals surface area contributed by atoms with Crippen molar-refractivity contribution >= 4 is 21.8 Å². The minimum absolute atomic E-state index is 0.0224. The Labute approximate surface area is 184 Å². The van der Waals surface area contributed by atoms with Crippen LogP contribution in [0, 0.1) is 5.92 Å². The number of sulfonamides is 1. The van der Waals surface area contributed by atoms with Crippen LogP contribution in [-0.4, -0.2) is 66.6 Å². The van der Waals surface area contributed by atoms with Crippen molar-refractivity contribution in [2.24, 2.45) is 5.92 Å². The number of rotatable bonds is 5. The van der Waals surface area contributed by atoms with Gasteiger partial charge >= 0.3 is 0 Å². The summed E-state index contributed by atoms with van der Waals surface area (Å²) in [5.41, 5.74) is 0.306. The molecule has 3 heterocycles. The molecule has 0 spiro atoms. The van der Waals surface area contributed by atoms with Gasteiger partial charge in [-0.25, -0.2) is 8.42 Å². The summed E-state index contributed by atoms with van der Waals surface area (Å²) in [5, 5.41) is 3.17. The molecule has 1 atom stereocenters. The van der Waals surface area contributed by atoms with Gasteiger partial charge in [-0.1, -0.05) is 25.7 Å². The average molecular weight is 451 g/mol. The van der Waals surface area contributed by atoms with Crippen LogP contribution < -0.4 is 5.32 Å². The highest BCUT2D eigenvalue weighted by molar-refractivity contribution is 7.89. The molecule has 2 amide bonds. The topological polar surface area (TPSA) is 103 Å². The lowest BCUT2D eigenvalue weighted by molar-refractivity contribution is -0.126. The minimum Gasteiger partial charge on any atom is -0.356 e. The van der Waals surface area contributed by atoms with Crippen LogP contribution >= 0.6 is 0 Å². The Morgan fingerprint density at radius 1 is 0.935 bits per heavy atom. The Hall–Kier alpha value is -1.87. The summed E-state index contributed by atoms with van der Waals surface area (Å²) < 4.78 is 27.8. The smallest absolute Gasteiger partial charge is 0.270 e. The van der Waals surface area contributed by atoms with Crippen LogP contribution in [0.25, 0.3) is 0 Å². The molecule has 0 unspecified atom stereocenters. The van der Waals surface area contributed by atoms with Crippen LogP contribution in [0.4, 0.5) is 0 Å². The third kappa shape index (κ3) is 5.14. The zero-order valence-corrected chi connectivity index (χ0v) is 19.0. The number of carbonyl (C=O) groups excluding carboxylic acids is 2. The van der Waals surface area contributed by atoms with E-state index in [1.165, 1.54) is 29.4 Å². The Morgan fingerprint density at radius 3 is 2.35 bits per heavy atom. The lowest BCUT2D eigenvalue weighted by Crippen LogP contribution is -2.47. The van der Waals surface area contributed by atoms with E-state index in [9.17, 15) is 18.0 Å². The number of amides is 2. The molecule has 0 aromatic carbocycles. The van der Waals surface area contributed by atoms with Crippen molar-refractivity contribution in [3.05, 3.63) is 18.0 Å². The van der Waals surface area contributed by atoms with Crippen molar-refractivity contribution in [2.45, 2.75) is 75.1 Å². The molecule has 2 aliphatic heterocycles. The number of likely N-dealkylation sites (tertiary alicyclic amines) is 1. The van der Waals surface area contributed by atoms with Gasteiger partial charge in [-0.3, -0.25) is 9.59 Å². The third-order valence-electron chi connectivity index (χ3n) is 6.87. The predicted molar refractivity (Wildman–Crippen MR) is 117 cm³/mol. The van der Waals surface area contributed by atoms with Crippen LogP contribution in [0.5, 0.6) is 0 Å². The molecule has 9 heteroatoms. The monoisotopic (exact) mass is 450 g/mol. The zero-order chi connectivity index (χ0) is 21.8. The molecule has 31 heavy (non-hydrogen) atoms. The molecule has 4 rings (SSSR count). The highest BCUT2D eigenvalue weighted by Crippen LogP contribution is 2.26. The van der Waals surface area contributed by atoms with Crippen molar-refractivity contribution in [1.82, 2.24) is 19.5 Å². The average Bonchev–Trinajstić information content (AvgIpc) is 3.43. The quantitative estimate of drug-likeness (QED) is 0.673. The van der Waals surface area contributed by atoms with Crippen molar-refractivity contribution < 1.29 is 18.0 Å². The van der Waals surface area contributed by atoms with Gasteiger partial charge in [0.05, 0.1) is 5.92 Å². The molecule has 0 bridgehead atoms. The van der Waals surface area contributed by atoms with Gasteiger partial charge in [-0.15, -0.1) is 0 Å². The largest absolute Gasteiger partial charge is 0.356 e. The second-order valence-electron chi connectivity index (χ2n) is 9.15. The Bertz CT molecular complexity index is 883. The van der Waals surface area contributed by atoms with Gasteiger partial charge in [-0.05, 0) is 44.6 Å². The fraction of sp³-hybridized carbons (Fsp3) is 0.727. The predicted octanol–water partition coefficient (Wildman–Crippen LogP) is 2.49. The first-order chi connectivity index (χ1) is 14.9. The number of hydrogen-bond donors (Lipinski definition) is 2. The molecule has 2 saturated heterocycles. The van der Waals surface area contributed by atoms with Crippen molar-refractivity contribution in [2.75, 3.05) is 26.2 Å². The van der Waals surface area contributed by atoms with Crippen LogP contribution in [-0.2, 0) is 14.8 Å². The van der Waals surface area contributed by atoms with E-state index >= 15 is 0 Å². The molecule has 1 aromatic rings. The summed E-state index contributed by atoms with van der Waals surface area (Å²) in [7, 11) is -3.75. The van der Waals surface area contributed by atoms with E-state index in [1.54, 1.807) is 4.90 Å². The lowest BCUT2D eigenvalue weighted by Gasteiger charge is -2.32. The lowest BCUT2D eigenvalue weighted by atomic mass is 9.97. The molecule has 172 valence electrons. The third-order valence-corrected chi connectivity index (χ3v) is 8.72. The Kier molecular flexibility index (Phi) is 7.01. The summed E-state index contributed by atoms with van der Waals surface area (Å²) in [6.07, 6.45) is 11.5. The van der Waals surface area contributed by atoms with E-state index in [4.69, 9.17) is 0 Å². The standard InChI is InChI=1S/C22H34N4O4S/c27-21(24-18-9-3-1-2-4-10-18)17-8-7-13-26(16-17)31(29,30)19-14-20(23-15-19)22(28)25-11-5-6-12-25/h14-15,17-18,23H,1-13,16H2,(H,24,27)/t17-/m0/s1. The fourth-order valence-electron chi connectivity index (χ4n) is 5.00. The van der Waals surface area contributed by atoms with Crippen molar-refractivity contribution in [3.63, 3.8) is 0 Å². The molecule has 3 fully saturated rings. The zero-order valence-electron chi connectivity index (χ0n) is 18.1. The molecule has 0 radical (unpaired) electrons. The molecule has 1 aliphatic carbocycles. The highest BCUT2D eigenvalue weighted by Gasteiger charge is 2.35. The molecule has 3 aliphatic rings. The fourth-order valence-corrected chi connectivity index (χ4v) is 6.52. The number of nitrogens with zero attached hydrogens (tertiary/aromatic N) is 2. The molecule has 2 N–H and O–H groups in total. The van der Waals surface area contributed by atoms with E-state index in [0.717, 1.165) is 38.5 Å². The second-order valence-corrected chi connectivity index (χ2v) is 11.1. The number of carbonyl (C=O) groups is 2. The number of aromatic amines is 1. The Morgan fingerprint density at radius 2 is 1.65 bits per heavy atom. The van der Waals surface area contributed by atoms with Crippen molar-refractivity contribution in [3.8, 4) is 0 Å². The number of hydrogen-bond acceptors (Lipinski definition) is 4. The summed E-state index contributed by atoms with van der Waals surface area (Å²) in [6.45, 7) is 2.02. The molecule has 8 nitrogen and oxygen atoms in total. The summed E-state index contributed by atoms with van der Waals surface area (Å²) in [6, 6.07) is 1.65. The van der Waals surface area contributed by atoms with Crippen LogP contribution in [0.1, 0.15) is 74.7 Å². The normalized spacial score (nSPS) is 24.1. The molecular formula is C22H34N4O4S. The highest BCUT2D eigenvalue weighted by atomic mass is 32.2. The van der Waals surface area contributed by atoms with Gasteiger partial charge in [0.1, 0.15) is 10.6 Å². The van der Waals surface area contributed by atoms with E-state index in [0.29, 0.717) is 38.2 Å². The van der Waals surface area contributed by atoms with Gasteiger partial charge in [-0.2, -0.15) is 4.31 Å². The first kappa shape index (κ1) is 22.3. The first-order valence-corrected chi connectivity index (χ1v) is 13.2. The maximum absolute atomic E-state index is 13.2. The minimum atomic E-state index is -3.75. The van der Waals surface area contributed by atoms with Gasteiger partial charge in [0.25, 0.3) is 5.91 Å². The van der Waals surface area contributed by atoms with Crippen LogP contribution in [0.15, 0.2) is 17.2 Å². The summed E-state index contributed by atoms with van der Waals surface area (Å²) >= 11 is 0. The number of nitrogens with one attached hydrogen (secondary N) is 2. The van der Waals surface area contributed by atoms with E-state index < -0.39 is 10.0 Å². The first-order valence-electron chi connectivity index (χ1n) is 11.7. The summed E-state index contributed by atoms with van der Waals surface area (Å²) in [4.78, 5) is 30.1. The molecule has 1 aromatic heterocycles. The van der Waals surface area contributed by atoms with Gasteiger partial charge in [0.15, 0.2) is 0 Å². The van der Waals surface area contributed by atoms with E-state index in [2.05, 4.69) is 10.3 Å². The molecular weight excluding hydrogens is 416 g/mol. The SMILES string of the molecule is O=C(NC1CCCCCC1)[C@H]1CCCN(S(=O)(=O)c2c[nH]c(C(=O)N3CCCC3)c2)C1. The number of H-pyrrole nitrogens is 1. The Balaban J connectivity index is 1.40. The maximum atomic E-state index is 13.2. The van der Waals surface area contributed by atoms with E-state index in [-0.39, 0.29) is 35.2 Å². The number of piperidine rings is 1. The van der Waals surface area contributed by atoms with Crippen LogP contribution in [0.2, 0.25) is 0 Å².